The van der Waals surface area contributed by atoms with Crippen LogP contribution in [0.4, 0.5) is 11.4 Å². The first-order chi connectivity index (χ1) is 18.3. The molecule has 0 bridgehead atoms. The maximum atomic E-state index is 3.72. The van der Waals surface area contributed by atoms with Gasteiger partial charge in [-0.15, -0.1) is 0 Å². The highest BCUT2D eigenvalue weighted by atomic mass is 14.9. The summed E-state index contributed by atoms with van der Waals surface area (Å²) in [4.78, 5) is 0. The highest BCUT2D eigenvalue weighted by Crippen LogP contribution is 2.38. The van der Waals surface area contributed by atoms with Crippen molar-refractivity contribution in [2.45, 2.75) is 0 Å². The van der Waals surface area contributed by atoms with Gasteiger partial charge in [-0.2, -0.15) is 0 Å². The summed E-state index contributed by atoms with van der Waals surface area (Å²) in [5.41, 5.74) is 7.02. The second kappa shape index (κ2) is 8.96. The Labute approximate surface area is 216 Å². The summed E-state index contributed by atoms with van der Waals surface area (Å²) in [6, 6.07) is 52.0. The molecule has 0 saturated carbocycles. The monoisotopic (exact) mass is 471 g/mol. The van der Waals surface area contributed by atoms with Crippen molar-refractivity contribution >= 4 is 43.7 Å². The molecule has 0 radical (unpaired) electrons. The van der Waals surface area contributed by atoms with Crippen LogP contribution in [0.2, 0.25) is 0 Å². The Hall–Kier alpha value is -4.88. The molecule has 0 atom stereocenters. The van der Waals surface area contributed by atoms with Crippen LogP contribution in [0.25, 0.3) is 54.6 Å². The molecule has 0 aromatic heterocycles. The van der Waals surface area contributed by atoms with E-state index in [1.165, 1.54) is 54.6 Å². The fraction of sp³-hybridized carbons (Fsp3) is 0. The zero-order valence-electron chi connectivity index (χ0n) is 20.4. The zero-order valence-corrected chi connectivity index (χ0v) is 20.4. The quantitative estimate of drug-likeness (QED) is 0.252. The van der Waals surface area contributed by atoms with Gasteiger partial charge < -0.3 is 5.32 Å². The molecule has 0 aliphatic rings. The van der Waals surface area contributed by atoms with Crippen molar-refractivity contribution in [1.29, 1.82) is 0 Å². The lowest BCUT2D eigenvalue weighted by Crippen LogP contribution is -1.94. The van der Waals surface area contributed by atoms with Crippen molar-refractivity contribution in [1.82, 2.24) is 0 Å². The van der Waals surface area contributed by atoms with Gasteiger partial charge in [-0.1, -0.05) is 127 Å². The Kier molecular flexibility index (Phi) is 5.19. The van der Waals surface area contributed by atoms with Gasteiger partial charge in [-0.05, 0) is 67.2 Å². The van der Waals surface area contributed by atoms with Crippen LogP contribution in [0.3, 0.4) is 0 Å². The minimum atomic E-state index is 1.08. The molecule has 0 unspecified atom stereocenters. The van der Waals surface area contributed by atoms with Gasteiger partial charge in [0.1, 0.15) is 0 Å². The molecule has 174 valence electrons. The number of hydrogen-bond donors (Lipinski definition) is 1. The van der Waals surface area contributed by atoms with E-state index in [-0.39, 0.29) is 0 Å². The van der Waals surface area contributed by atoms with Gasteiger partial charge in [0.15, 0.2) is 0 Å². The average molecular weight is 472 g/mol. The van der Waals surface area contributed by atoms with Crippen LogP contribution in [-0.4, -0.2) is 0 Å². The predicted octanol–water partition coefficient (Wildman–Crippen LogP) is 10.2. The molecule has 1 nitrogen and oxygen atoms in total. The third kappa shape index (κ3) is 3.82. The normalized spacial score (nSPS) is 11.2. The number of para-hydroxylation sites is 1. The lowest BCUT2D eigenvalue weighted by atomic mass is 9.94. The number of hydrogen-bond acceptors (Lipinski definition) is 1. The molecular weight excluding hydrogens is 446 g/mol. The lowest BCUT2D eigenvalue weighted by Gasteiger charge is -2.15. The molecule has 0 spiro atoms. The highest BCUT2D eigenvalue weighted by molar-refractivity contribution is 6.25. The van der Waals surface area contributed by atoms with Crippen molar-refractivity contribution < 1.29 is 0 Å². The molecule has 7 aromatic carbocycles. The Morgan fingerprint density at radius 2 is 0.811 bits per heavy atom. The van der Waals surface area contributed by atoms with Gasteiger partial charge >= 0.3 is 0 Å². The molecule has 0 aliphatic carbocycles. The number of fused-ring (bicyclic) bond motifs is 6. The van der Waals surface area contributed by atoms with Crippen LogP contribution in [0, 0.1) is 0 Å². The maximum absolute atomic E-state index is 3.72. The number of nitrogens with one attached hydrogen (secondary N) is 1. The maximum Gasteiger partial charge on any atom is 0.0463 e. The number of benzene rings is 7. The Bertz CT molecular complexity index is 1850. The first-order valence-electron chi connectivity index (χ1n) is 12.7. The second-order valence-corrected chi connectivity index (χ2v) is 9.47. The lowest BCUT2D eigenvalue weighted by molar-refractivity contribution is 1.54. The van der Waals surface area contributed by atoms with Gasteiger partial charge in [-0.3, -0.25) is 0 Å². The van der Waals surface area contributed by atoms with Crippen LogP contribution in [-0.2, 0) is 0 Å². The Morgan fingerprint density at radius 3 is 1.49 bits per heavy atom. The van der Waals surface area contributed by atoms with Crippen LogP contribution in [0.15, 0.2) is 146 Å². The van der Waals surface area contributed by atoms with Crippen molar-refractivity contribution in [2.75, 3.05) is 5.32 Å². The Balaban J connectivity index is 1.30. The first kappa shape index (κ1) is 21.4. The van der Waals surface area contributed by atoms with E-state index < -0.39 is 0 Å². The topological polar surface area (TPSA) is 12.0 Å². The van der Waals surface area contributed by atoms with Crippen LogP contribution in [0.1, 0.15) is 0 Å². The van der Waals surface area contributed by atoms with Crippen molar-refractivity contribution in [2.24, 2.45) is 0 Å². The third-order valence-corrected chi connectivity index (χ3v) is 7.25. The largest absolute Gasteiger partial charge is 0.355 e. The second-order valence-electron chi connectivity index (χ2n) is 9.47. The summed E-state index contributed by atoms with van der Waals surface area (Å²) in [6.07, 6.45) is 0. The minimum Gasteiger partial charge on any atom is -0.355 e. The summed E-state index contributed by atoms with van der Waals surface area (Å²) in [5, 5.41) is 11.4. The molecule has 0 amide bonds. The molecule has 1 N–H and O–H groups in total. The fourth-order valence-electron chi connectivity index (χ4n) is 5.46. The minimum absolute atomic E-state index is 1.08. The van der Waals surface area contributed by atoms with Crippen LogP contribution >= 0.6 is 0 Å². The summed E-state index contributed by atoms with van der Waals surface area (Å²) in [6.45, 7) is 0. The van der Waals surface area contributed by atoms with Gasteiger partial charge in [0.2, 0.25) is 0 Å². The van der Waals surface area contributed by atoms with Crippen molar-refractivity contribution in [3.63, 3.8) is 0 Å². The summed E-state index contributed by atoms with van der Waals surface area (Å²) in [7, 11) is 0. The molecule has 0 heterocycles. The first-order valence-corrected chi connectivity index (χ1v) is 12.7. The van der Waals surface area contributed by atoms with Gasteiger partial charge in [-0.25, -0.2) is 0 Å². The van der Waals surface area contributed by atoms with E-state index in [4.69, 9.17) is 0 Å². The van der Waals surface area contributed by atoms with Crippen LogP contribution in [0.5, 0.6) is 0 Å². The molecule has 1 heteroatoms. The molecule has 37 heavy (non-hydrogen) atoms. The molecular formula is C36H25N. The molecule has 0 aliphatic heterocycles. The van der Waals surface area contributed by atoms with Crippen molar-refractivity contribution in [3.05, 3.63) is 146 Å². The van der Waals surface area contributed by atoms with E-state index in [1.54, 1.807) is 0 Å². The smallest absolute Gasteiger partial charge is 0.0463 e. The predicted molar refractivity (Wildman–Crippen MR) is 160 cm³/mol. The van der Waals surface area contributed by atoms with Crippen molar-refractivity contribution in [3.8, 4) is 22.3 Å². The third-order valence-electron chi connectivity index (χ3n) is 7.25. The average Bonchev–Trinajstić information content (AvgIpc) is 2.98. The SMILES string of the molecule is c1ccc(-c2ccc(-c3ccccc3Nc3ccc4c5ccccc5c5ccccc5c4c3)cc2)cc1. The van der Waals surface area contributed by atoms with Gasteiger partial charge in [0, 0.05) is 16.9 Å². The van der Waals surface area contributed by atoms with E-state index in [9.17, 15) is 0 Å². The molecule has 7 aromatic rings. The highest BCUT2D eigenvalue weighted by Gasteiger charge is 2.10. The van der Waals surface area contributed by atoms with E-state index in [0.29, 0.717) is 0 Å². The van der Waals surface area contributed by atoms with E-state index in [0.717, 1.165) is 11.4 Å². The molecule has 0 saturated heterocycles. The Morgan fingerprint density at radius 1 is 0.324 bits per heavy atom. The van der Waals surface area contributed by atoms with Gasteiger partial charge in [0.05, 0.1) is 0 Å². The fourth-order valence-corrected chi connectivity index (χ4v) is 5.46. The summed E-state index contributed by atoms with van der Waals surface area (Å²) >= 11 is 0. The number of rotatable bonds is 4. The van der Waals surface area contributed by atoms with Gasteiger partial charge in [0.25, 0.3) is 0 Å². The van der Waals surface area contributed by atoms with Crippen LogP contribution < -0.4 is 5.32 Å². The molecule has 7 rings (SSSR count). The van der Waals surface area contributed by atoms with E-state index >= 15 is 0 Å². The summed E-state index contributed by atoms with van der Waals surface area (Å²) < 4.78 is 0. The number of anilines is 2. The van der Waals surface area contributed by atoms with E-state index in [1.807, 2.05) is 0 Å². The molecule has 0 fully saturated rings. The van der Waals surface area contributed by atoms with E-state index in [2.05, 4.69) is 151 Å². The summed E-state index contributed by atoms with van der Waals surface area (Å²) in [5.74, 6) is 0. The standard InChI is InChI=1S/C36H25N/c1-2-10-25(11-3-1)26-18-20-27(21-19-26)29-12-8-9-17-36(29)37-28-22-23-34-32-15-5-4-13-30(32)31-14-6-7-16-33(31)35(34)24-28/h1-24,37H. The zero-order chi connectivity index (χ0) is 24.6.